The van der Waals surface area contributed by atoms with Crippen molar-refractivity contribution in [2.75, 3.05) is 0 Å². The molecule has 2 saturated carbocycles. The van der Waals surface area contributed by atoms with Gasteiger partial charge in [-0.25, -0.2) is 0 Å². The standard InChI is InChI=1S/C30H34O3.C2H6/c31-28-16-14-22(18-26(28)20-8-3-1-4-9-20)24-12-7-13-25(30(24)33)23-15-17-29(32)27(19-23)21-10-5-2-6-11-21;1-2/h7,12-21,31-33H,1-6,8-11H2;1-2H3. The number of phenols is 3. The molecule has 0 radical (unpaired) electrons. The van der Waals surface area contributed by atoms with E-state index in [0.717, 1.165) is 59.1 Å². The molecule has 0 aromatic heterocycles. The average molecular weight is 473 g/mol. The summed E-state index contributed by atoms with van der Waals surface area (Å²) in [5.74, 6) is 1.74. The maximum Gasteiger partial charge on any atom is 0.131 e. The second-order valence-electron chi connectivity index (χ2n) is 9.92. The quantitative estimate of drug-likeness (QED) is 0.354. The molecular formula is C32H40O3. The number of hydrogen-bond donors (Lipinski definition) is 3. The van der Waals surface area contributed by atoms with Crippen LogP contribution >= 0.6 is 0 Å². The molecule has 186 valence electrons. The van der Waals surface area contributed by atoms with Crippen LogP contribution in [0, 0.1) is 0 Å². The SMILES string of the molecule is CC.Oc1ccc(-c2cccc(-c3ccc(O)c(C4CCCCC4)c3)c2O)cc1C1CCCCC1. The van der Waals surface area contributed by atoms with Crippen molar-refractivity contribution in [1.82, 2.24) is 0 Å². The van der Waals surface area contributed by atoms with Crippen LogP contribution in [0.15, 0.2) is 54.6 Å². The molecule has 3 N–H and O–H groups in total. The van der Waals surface area contributed by atoms with E-state index in [1.165, 1.54) is 38.5 Å². The molecule has 0 aliphatic heterocycles. The molecule has 0 bridgehead atoms. The maximum absolute atomic E-state index is 11.3. The first-order chi connectivity index (χ1) is 17.1. The Morgan fingerprint density at radius 3 is 1.34 bits per heavy atom. The third kappa shape index (κ3) is 5.50. The summed E-state index contributed by atoms with van der Waals surface area (Å²) in [6.07, 6.45) is 11.8. The molecule has 0 spiro atoms. The number of benzene rings is 3. The van der Waals surface area contributed by atoms with Crippen LogP contribution in [0.25, 0.3) is 22.3 Å². The molecular weight excluding hydrogens is 432 g/mol. The van der Waals surface area contributed by atoms with E-state index in [1.54, 1.807) is 12.1 Å². The van der Waals surface area contributed by atoms with Crippen LogP contribution in [-0.2, 0) is 0 Å². The summed E-state index contributed by atoms with van der Waals surface area (Å²) in [5.41, 5.74) is 5.41. The van der Waals surface area contributed by atoms with Crippen molar-refractivity contribution in [3.05, 3.63) is 65.7 Å². The molecule has 3 heteroatoms. The van der Waals surface area contributed by atoms with Gasteiger partial charge >= 0.3 is 0 Å². The van der Waals surface area contributed by atoms with E-state index in [9.17, 15) is 15.3 Å². The minimum absolute atomic E-state index is 0.248. The molecule has 35 heavy (non-hydrogen) atoms. The van der Waals surface area contributed by atoms with Gasteiger partial charge in [0.05, 0.1) is 0 Å². The zero-order chi connectivity index (χ0) is 24.8. The summed E-state index contributed by atoms with van der Waals surface area (Å²) >= 11 is 0. The molecule has 0 saturated heterocycles. The van der Waals surface area contributed by atoms with Crippen molar-refractivity contribution >= 4 is 0 Å². The minimum Gasteiger partial charge on any atom is -0.508 e. The van der Waals surface area contributed by atoms with Crippen molar-refractivity contribution in [3.63, 3.8) is 0 Å². The van der Waals surface area contributed by atoms with Gasteiger partial charge in [-0.3, -0.25) is 0 Å². The smallest absolute Gasteiger partial charge is 0.131 e. The molecule has 3 aromatic rings. The van der Waals surface area contributed by atoms with E-state index in [2.05, 4.69) is 12.1 Å². The van der Waals surface area contributed by atoms with Crippen molar-refractivity contribution in [3.8, 4) is 39.5 Å². The molecule has 3 aromatic carbocycles. The lowest BCUT2D eigenvalue weighted by Gasteiger charge is -2.24. The fourth-order valence-corrected chi connectivity index (χ4v) is 5.93. The van der Waals surface area contributed by atoms with E-state index in [0.29, 0.717) is 23.3 Å². The van der Waals surface area contributed by atoms with Crippen LogP contribution in [-0.4, -0.2) is 15.3 Å². The molecule has 5 rings (SSSR count). The molecule has 3 nitrogen and oxygen atoms in total. The number of phenolic OH excluding ortho intramolecular Hbond substituents is 3. The maximum atomic E-state index is 11.3. The fraction of sp³-hybridized carbons (Fsp3) is 0.438. The third-order valence-electron chi connectivity index (χ3n) is 7.80. The Balaban J connectivity index is 0.00000141. The van der Waals surface area contributed by atoms with E-state index < -0.39 is 0 Å². The summed E-state index contributed by atoms with van der Waals surface area (Å²) in [7, 11) is 0. The van der Waals surface area contributed by atoms with Crippen LogP contribution in [0.3, 0.4) is 0 Å². The van der Waals surface area contributed by atoms with Gasteiger partial charge in [-0.1, -0.05) is 82.7 Å². The van der Waals surface area contributed by atoms with Crippen molar-refractivity contribution in [2.45, 2.75) is 89.9 Å². The van der Waals surface area contributed by atoms with Crippen LogP contribution < -0.4 is 0 Å². The van der Waals surface area contributed by atoms with Crippen LogP contribution in [0.1, 0.15) is 101 Å². The third-order valence-corrected chi connectivity index (χ3v) is 7.80. The summed E-state index contributed by atoms with van der Waals surface area (Å²) < 4.78 is 0. The molecule has 2 aliphatic carbocycles. The van der Waals surface area contributed by atoms with Crippen molar-refractivity contribution in [1.29, 1.82) is 0 Å². The van der Waals surface area contributed by atoms with Crippen LogP contribution in [0.5, 0.6) is 17.2 Å². The fourth-order valence-electron chi connectivity index (χ4n) is 5.93. The van der Waals surface area contributed by atoms with E-state index >= 15 is 0 Å². The van der Waals surface area contributed by atoms with Gasteiger partial charge in [0, 0.05) is 11.1 Å². The van der Waals surface area contributed by atoms with Gasteiger partial charge in [-0.05, 0) is 84.0 Å². The Labute approximate surface area is 210 Å². The van der Waals surface area contributed by atoms with Crippen LogP contribution in [0.4, 0.5) is 0 Å². The van der Waals surface area contributed by atoms with Gasteiger partial charge in [-0.2, -0.15) is 0 Å². The van der Waals surface area contributed by atoms with E-state index in [4.69, 9.17) is 0 Å². The predicted octanol–water partition coefficient (Wildman–Crippen LogP) is 9.26. The van der Waals surface area contributed by atoms with Crippen LogP contribution in [0.2, 0.25) is 0 Å². The summed E-state index contributed by atoms with van der Waals surface area (Å²) in [6, 6.07) is 17.3. The Morgan fingerprint density at radius 2 is 0.943 bits per heavy atom. The molecule has 2 aliphatic rings. The van der Waals surface area contributed by atoms with Gasteiger partial charge in [0.15, 0.2) is 0 Å². The lowest BCUT2D eigenvalue weighted by Crippen LogP contribution is -2.05. The highest BCUT2D eigenvalue weighted by Gasteiger charge is 2.22. The highest BCUT2D eigenvalue weighted by atomic mass is 16.3. The number of para-hydroxylation sites is 1. The first-order valence-electron chi connectivity index (χ1n) is 13.6. The highest BCUT2D eigenvalue weighted by molar-refractivity contribution is 5.83. The normalized spacial score (nSPS) is 17.0. The number of aromatic hydroxyl groups is 3. The summed E-state index contributed by atoms with van der Waals surface area (Å²) in [4.78, 5) is 0. The second-order valence-corrected chi connectivity index (χ2v) is 9.92. The topological polar surface area (TPSA) is 60.7 Å². The molecule has 0 heterocycles. The summed E-state index contributed by atoms with van der Waals surface area (Å²) in [6.45, 7) is 4.00. The lowest BCUT2D eigenvalue weighted by molar-refractivity contribution is 0.414. The van der Waals surface area contributed by atoms with Gasteiger partial charge in [0.2, 0.25) is 0 Å². The predicted molar refractivity (Wildman–Crippen MR) is 145 cm³/mol. The first kappa shape index (κ1) is 25.2. The van der Waals surface area contributed by atoms with Crippen molar-refractivity contribution in [2.24, 2.45) is 0 Å². The van der Waals surface area contributed by atoms with E-state index in [-0.39, 0.29) is 5.75 Å². The first-order valence-corrected chi connectivity index (χ1v) is 13.6. The van der Waals surface area contributed by atoms with E-state index in [1.807, 2.05) is 44.2 Å². The zero-order valence-corrected chi connectivity index (χ0v) is 21.3. The Bertz CT molecular complexity index is 1040. The minimum atomic E-state index is 0.248. The summed E-state index contributed by atoms with van der Waals surface area (Å²) in [5, 5.41) is 32.4. The Morgan fingerprint density at radius 1 is 0.543 bits per heavy atom. The average Bonchev–Trinajstić information content (AvgIpc) is 2.92. The molecule has 0 atom stereocenters. The van der Waals surface area contributed by atoms with Gasteiger partial charge < -0.3 is 15.3 Å². The monoisotopic (exact) mass is 472 g/mol. The lowest BCUT2D eigenvalue weighted by atomic mass is 9.82. The number of hydrogen-bond acceptors (Lipinski definition) is 3. The van der Waals surface area contributed by atoms with Gasteiger partial charge in [0.25, 0.3) is 0 Å². The zero-order valence-electron chi connectivity index (χ0n) is 21.3. The van der Waals surface area contributed by atoms with Gasteiger partial charge in [-0.15, -0.1) is 0 Å². The van der Waals surface area contributed by atoms with Crippen molar-refractivity contribution < 1.29 is 15.3 Å². The second kappa shape index (κ2) is 11.7. The molecule has 2 fully saturated rings. The highest BCUT2D eigenvalue weighted by Crippen LogP contribution is 2.44. The molecule has 0 unspecified atom stereocenters. The Hall–Kier alpha value is -2.94. The number of rotatable bonds is 4. The molecule has 0 amide bonds. The largest absolute Gasteiger partial charge is 0.508 e. The van der Waals surface area contributed by atoms with Gasteiger partial charge in [0.1, 0.15) is 17.2 Å². The Kier molecular flexibility index (Phi) is 8.38.